The SMILES string of the molecule is Cc1cccc(CNc2nc(C3CC3)nc(Cl)c2C)c1. The fourth-order valence-corrected chi connectivity index (χ4v) is 2.39. The Balaban J connectivity index is 1.79. The highest BCUT2D eigenvalue weighted by atomic mass is 35.5. The number of nitrogens with one attached hydrogen (secondary N) is 1. The summed E-state index contributed by atoms with van der Waals surface area (Å²) in [5.74, 6) is 2.24. The van der Waals surface area contributed by atoms with Crippen LogP contribution in [0.15, 0.2) is 24.3 Å². The van der Waals surface area contributed by atoms with Gasteiger partial charge in [0.1, 0.15) is 16.8 Å². The lowest BCUT2D eigenvalue weighted by molar-refractivity contribution is 0.911. The van der Waals surface area contributed by atoms with Gasteiger partial charge in [-0.25, -0.2) is 9.97 Å². The van der Waals surface area contributed by atoms with Gasteiger partial charge < -0.3 is 5.32 Å². The monoisotopic (exact) mass is 287 g/mol. The zero-order valence-electron chi connectivity index (χ0n) is 11.8. The van der Waals surface area contributed by atoms with Gasteiger partial charge in [-0.2, -0.15) is 0 Å². The van der Waals surface area contributed by atoms with Crippen molar-refractivity contribution in [1.82, 2.24) is 9.97 Å². The third-order valence-electron chi connectivity index (χ3n) is 3.59. The standard InChI is InChI=1S/C16H18ClN3/c1-10-4-3-5-12(8-10)9-18-15-11(2)14(17)19-16(20-15)13-6-7-13/h3-5,8,13H,6-7,9H2,1-2H3,(H,18,19,20). The highest BCUT2D eigenvalue weighted by molar-refractivity contribution is 6.30. The number of aromatic nitrogens is 2. The third kappa shape index (κ3) is 2.93. The summed E-state index contributed by atoms with van der Waals surface area (Å²) in [5, 5.41) is 3.95. The van der Waals surface area contributed by atoms with Crippen LogP contribution in [0.2, 0.25) is 5.15 Å². The maximum absolute atomic E-state index is 6.21. The first kappa shape index (κ1) is 13.4. The molecule has 3 rings (SSSR count). The molecule has 1 N–H and O–H groups in total. The van der Waals surface area contributed by atoms with Gasteiger partial charge >= 0.3 is 0 Å². The molecule has 0 spiro atoms. The number of hydrogen-bond acceptors (Lipinski definition) is 3. The molecule has 1 saturated carbocycles. The lowest BCUT2D eigenvalue weighted by Gasteiger charge is -2.11. The molecule has 0 aliphatic heterocycles. The Kier molecular flexibility index (Phi) is 3.62. The van der Waals surface area contributed by atoms with Gasteiger partial charge in [0.05, 0.1) is 0 Å². The summed E-state index contributed by atoms with van der Waals surface area (Å²) < 4.78 is 0. The summed E-state index contributed by atoms with van der Waals surface area (Å²) in [5.41, 5.74) is 3.43. The molecule has 104 valence electrons. The molecule has 2 aromatic rings. The van der Waals surface area contributed by atoms with Gasteiger partial charge in [-0.15, -0.1) is 0 Å². The van der Waals surface area contributed by atoms with E-state index >= 15 is 0 Å². The topological polar surface area (TPSA) is 37.8 Å². The number of rotatable bonds is 4. The van der Waals surface area contributed by atoms with Crippen molar-refractivity contribution in [2.24, 2.45) is 0 Å². The van der Waals surface area contributed by atoms with Crippen LogP contribution < -0.4 is 5.32 Å². The summed E-state index contributed by atoms with van der Waals surface area (Å²) in [4.78, 5) is 9.00. The molecule has 0 amide bonds. The average Bonchev–Trinajstić information content (AvgIpc) is 3.25. The molecule has 1 aliphatic rings. The maximum atomic E-state index is 6.21. The predicted octanol–water partition coefficient (Wildman–Crippen LogP) is 4.24. The number of nitrogens with zero attached hydrogens (tertiary/aromatic N) is 2. The first-order chi connectivity index (χ1) is 9.63. The molecule has 0 saturated heterocycles. The second-order valence-electron chi connectivity index (χ2n) is 5.46. The van der Waals surface area contributed by atoms with Crippen LogP contribution in [0, 0.1) is 13.8 Å². The van der Waals surface area contributed by atoms with Crippen LogP contribution in [0.25, 0.3) is 0 Å². The summed E-state index contributed by atoms with van der Waals surface area (Å²) in [6.07, 6.45) is 2.35. The lowest BCUT2D eigenvalue weighted by atomic mass is 10.1. The summed E-state index contributed by atoms with van der Waals surface area (Å²) >= 11 is 6.21. The van der Waals surface area contributed by atoms with Crippen molar-refractivity contribution in [3.05, 3.63) is 51.9 Å². The smallest absolute Gasteiger partial charge is 0.137 e. The Morgan fingerprint density at radius 1 is 1.25 bits per heavy atom. The van der Waals surface area contributed by atoms with Gasteiger partial charge in [-0.1, -0.05) is 41.4 Å². The van der Waals surface area contributed by atoms with Crippen LogP contribution in [0.1, 0.15) is 41.3 Å². The molecule has 0 atom stereocenters. The fourth-order valence-electron chi connectivity index (χ4n) is 2.21. The van der Waals surface area contributed by atoms with Crippen molar-refractivity contribution in [2.45, 2.75) is 39.2 Å². The van der Waals surface area contributed by atoms with E-state index in [0.717, 1.165) is 23.8 Å². The minimum atomic E-state index is 0.507. The Labute approximate surface area is 124 Å². The maximum Gasteiger partial charge on any atom is 0.137 e. The van der Waals surface area contributed by atoms with Crippen LogP contribution >= 0.6 is 11.6 Å². The minimum absolute atomic E-state index is 0.507. The first-order valence-corrected chi connectivity index (χ1v) is 7.35. The molecule has 1 aromatic carbocycles. The van der Waals surface area contributed by atoms with E-state index in [1.165, 1.54) is 24.0 Å². The lowest BCUT2D eigenvalue weighted by Crippen LogP contribution is -2.07. The van der Waals surface area contributed by atoms with Gasteiger partial charge in [0.25, 0.3) is 0 Å². The predicted molar refractivity (Wildman–Crippen MR) is 82.3 cm³/mol. The van der Waals surface area contributed by atoms with Gasteiger partial charge in [0.15, 0.2) is 0 Å². The highest BCUT2D eigenvalue weighted by Gasteiger charge is 2.27. The zero-order valence-corrected chi connectivity index (χ0v) is 12.5. The van der Waals surface area contributed by atoms with E-state index in [1.54, 1.807) is 0 Å². The molecule has 0 radical (unpaired) electrons. The van der Waals surface area contributed by atoms with Crippen molar-refractivity contribution in [3.8, 4) is 0 Å². The van der Waals surface area contributed by atoms with Crippen molar-refractivity contribution in [2.75, 3.05) is 5.32 Å². The second kappa shape index (κ2) is 5.41. The van der Waals surface area contributed by atoms with E-state index in [4.69, 9.17) is 11.6 Å². The van der Waals surface area contributed by atoms with E-state index in [1.807, 2.05) is 6.92 Å². The van der Waals surface area contributed by atoms with Crippen LogP contribution in [-0.2, 0) is 6.54 Å². The van der Waals surface area contributed by atoms with E-state index in [9.17, 15) is 0 Å². The Morgan fingerprint density at radius 2 is 2.05 bits per heavy atom. The third-order valence-corrected chi connectivity index (χ3v) is 3.96. The average molecular weight is 288 g/mol. The van der Waals surface area contributed by atoms with Crippen LogP contribution in [0.5, 0.6) is 0 Å². The Hall–Kier alpha value is -1.61. The molecule has 1 aliphatic carbocycles. The number of aryl methyl sites for hydroxylation is 1. The number of hydrogen-bond donors (Lipinski definition) is 1. The van der Waals surface area contributed by atoms with Crippen molar-refractivity contribution in [3.63, 3.8) is 0 Å². The summed E-state index contributed by atoms with van der Waals surface area (Å²) in [6.45, 7) is 4.80. The van der Waals surface area contributed by atoms with Gasteiger partial charge in [-0.05, 0) is 32.3 Å². The van der Waals surface area contributed by atoms with E-state index in [-0.39, 0.29) is 0 Å². The Bertz CT molecular complexity index is 636. The summed E-state index contributed by atoms with van der Waals surface area (Å²) in [7, 11) is 0. The van der Waals surface area contributed by atoms with Gasteiger partial charge in [-0.3, -0.25) is 0 Å². The first-order valence-electron chi connectivity index (χ1n) is 6.97. The molecular weight excluding hydrogens is 270 g/mol. The Morgan fingerprint density at radius 3 is 2.75 bits per heavy atom. The van der Waals surface area contributed by atoms with Crippen molar-refractivity contribution < 1.29 is 0 Å². The van der Waals surface area contributed by atoms with Crippen LogP contribution in [0.4, 0.5) is 5.82 Å². The molecule has 1 heterocycles. The number of halogens is 1. The van der Waals surface area contributed by atoms with Gasteiger partial charge in [0, 0.05) is 18.0 Å². The van der Waals surface area contributed by atoms with Gasteiger partial charge in [0.2, 0.25) is 0 Å². The van der Waals surface area contributed by atoms with Crippen LogP contribution in [-0.4, -0.2) is 9.97 Å². The summed E-state index contributed by atoms with van der Waals surface area (Å²) in [6, 6.07) is 8.45. The normalized spacial score (nSPS) is 14.3. The van der Waals surface area contributed by atoms with E-state index in [2.05, 4.69) is 46.5 Å². The number of anilines is 1. The van der Waals surface area contributed by atoms with E-state index in [0.29, 0.717) is 11.1 Å². The van der Waals surface area contributed by atoms with Crippen molar-refractivity contribution >= 4 is 17.4 Å². The largest absolute Gasteiger partial charge is 0.366 e. The quantitative estimate of drug-likeness (QED) is 0.855. The molecule has 3 nitrogen and oxygen atoms in total. The van der Waals surface area contributed by atoms with E-state index < -0.39 is 0 Å². The molecule has 4 heteroatoms. The van der Waals surface area contributed by atoms with Crippen molar-refractivity contribution in [1.29, 1.82) is 0 Å². The molecular formula is C16H18ClN3. The molecule has 1 fully saturated rings. The fraction of sp³-hybridized carbons (Fsp3) is 0.375. The minimum Gasteiger partial charge on any atom is -0.366 e. The highest BCUT2D eigenvalue weighted by Crippen LogP contribution is 2.39. The molecule has 0 bridgehead atoms. The molecule has 20 heavy (non-hydrogen) atoms. The molecule has 1 aromatic heterocycles. The van der Waals surface area contributed by atoms with Crippen LogP contribution in [0.3, 0.4) is 0 Å². The number of benzene rings is 1. The molecule has 0 unspecified atom stereocenters. The second-order valence-corrected chi connectivity index (χ2v) is 5.82. The zero-order chi connectivity index (χ0) is 14.1.